The summed E-state index contributed by atoms with van der Waals surface area (Å²) in [6.45, 7) is 5.29. The van der Waals surface area contributed by atoms with E-state index in [4.69, 9.17) is 4.74 Å². The number of likely N-dealkylation sites (tertiary alicyclic amines) is 1. The molecule has 2 saturated heterocycles. The van der Waals surface area contributed by atoms with Gasteiger partial charge in [0.25, 0.3) is 0 Å². The van der Waals surface area contributed by atoms with Crippen molar-refractivity contribution in [3.05, 3.63) is 35.4 Å². The molecule has 1 aromatic carbocycles. The highest BCUT2D eigenvalue weighted by molar-refractivity contribution is 5.89. The summed E-state index contributed by atoms with van der Waals surface area (Å²) in [7, 11) is 0. The molecule has 0 bridgehead atoms. The Balaban J connectivity index is 1.48. The molecule has 2 heterocycles. The van der Waals surface area contributed by atoms with Gasteiger partial charge in [0, 0.05) is 13.2 Å². The lowest BCUT2D eigenvalue weighted by Gasteiger charge is -2.35. The highest BCUT2D eigenvalue weighted by atomic mass is 16.5. The Bertz CT molecular complexity index is 517. The average Bonchev–Trinajstić information content (AvgIpc) is 2.58. The zero-order chi connectivity index (χ0) is 16.1. The Hall–Kier alpha value is -1.39. The Morgan fingerprint density at radius 1 is 1.17 bits per heavy atom. The van der Waals surface area contributed by atoms with E-state index in [1.807, 2.05) is 18.2 Å². The van der Waals surface area contributed by atoms with Crippen LogP contribution in [0.4, 0.5) is 0 Å². The molecule has 4 heteroatoms. The maximum atomic E-state index is 11.3. The highest BCUT2D eigenvalue weighted by Gasteiger charge is 2.24. The van der Waals surface area contributed by atoms with Crippen molar-refractivity contribution in [1.82, 2.24) is 4.90 Å². The van der Waals surface area contributed by atoms with Crippen molar-refractivity contribution in [1.29, 1.82) is 0 Å². The van der Waals surface area contributed by atoms with Crippen LogP contribution in [0.2, 0.25) is 0 Å². The second-order valence-corrected chi connectivity index (χ2v) is 6.99. The van der Waals surface area contributed by atoms with Crippen molar-refractivity contribution < 1.29 is 14.6 Å². The minimum atomic E-state index is -0.810. The molecule has 3 rings (SSSR count). The van der Waals surface area contributed by atoms with E-state index >= 15 is 0 Å². The maximum Gasteiger partial charge on any atom is 0.335 e. The van der Waals surface area contributed by atoms with Crippen molar-refractivity contribution in [2.75, 3.05) is 32.8 Å². The van der Waals surface area contributed by atoms with Crippen LogP contribution in [0.15, 0.2) is 24.3 Å². The number of piperidine rings is 1. The summed E-state index contributed by atoms with van der Waals surface area (Å²) in [4.78, 5) is 13.9. The van der Waals surface area contributed by atoms with Crippen LogP contribution in [0.1, 0.15) is 41.6 Å². The molecule has 2 aliphatic heterocycles. The van der Waals surface area contributed by atoms with Crippen molar-refractivity contribution in [2.24, 2.45) is 11.8 Å². The molecule has 0 spiro atoms. The summed E-state index contributed by atoms with van der Waals surface area (Å²) >= 11 is 0. The van der Waals surface area contributed by atoms with E-state index < -0.39 is 5.97 Å². The van der Waals surface area contributed by atoms with Gasteiger partial charge in [-0.3, -0.25) is 0 Å². The lowest BCUT2D eigenvalue weighted by molar-refractivity contribution is 0.0327. The van der Waals surface area contributed by atoms with Crippen LogP contribution < -0.4 is 0 Å². The summed E-state index contributed by atoms with van der Waals surface area (Å²) in [5.74, 6) is 0.498. The first kappa shape index (κ1) is 16.5. The second-order valence-electron chi connectivity index (χ2n) is 6.99. The monoisotopic (exact) mass is 317 g/mol. The van der Waals surface area contributed by atoms with Gasteiger partial charge in [0.05, 0.1) is 12.2 Å². The Labute approximate surface area is 138 Å². The smallest absolute Gasteiger partial charge is 0.335 e. The van der Waals surface area contributed by atoms with E-state index in [1.165, 1.54) is 32.2 Å². The first-order valence-electron chi connectivity index (χ1n) is 8.83. The van der Waals surface area contributed by atoms with Gasteiger partial charge in [-0.2, -0.15) is 0 Å². The number of benzene rings is 1. The van der Waals surface area contributed by atoms with Gasteiger partial charge in [-0.15, -0.1) is 0 Å². The summed E-state index contributed by atoms with van der Waals surface area (Å²) in [5, 5.41) is 9.30. The van der Waals surface area contributed by atoms with Gasteiger partial charge in [-0.1, -0.05) is 18.2 Å². The van der Waals surface area contributed by atoms with Crippen LogP contribution in [0.25, 0.3) is 0 Å². The standard InChI is InChI=1S/C19H27NO3/c21-19(22)18-6-2-1-5-17(18)12-15-7-9-20(10-8-15)13-16-4-3-11-23-14-16/h1-2,5-6,15-16H,3-4,7-14H2,(H,21,22). The molecule has 23 heavy (non-hydrogen) atoms. The van der Waals surface area contributed by atoms with Crippen molar-refractivity contribution in [3.8, 4) is 0 Å². The molecule has 1 atom stereocenters. The fraction of sp³-hybridized carbons (Fsp3) is 0.632. The van der Waals surface area contributed by atoms with Crippen LogP contribution in [0.5, 0.6) is 0 Å². The average molecular weight is 317 g/mol. The number of carboxylic acid groups (broad SMARTS) is 1. The van der Waals surface area contributed by atoms with E-state index in [1.54, 1.807) is 6.07 Å². The molecule has 0 radical (unpaired) electrons. The topological polar surface area (TPSA) is 49.8 Å². The Kier molecular flexibility index (Phi) is 5.68. The van der Waals surface area contributed by atoms with Gasteiger partial charge in [0.2, 0.25) is 0 Å². The molecule has 2 aliphatic rings. The fourth-order valence-corrected chi connectivity index (χ4v) is 3.91. The second kappa shape index (κ2) is 7.93. The van der Waals surface area contributed by atoms with Crippen LogP contribution >= 0.6 is 0 Å². The molecule has 2 fully saturated rings. The lowest BCUT2D eigenvalue weighted by atomic mass is 9.88. The number of carboxylic acids is 1. The molecule has 0 aromatic heterocycles. The molecule has 0 aliphatic carbocycles. The van der Waals surface area contributed by atoms with Crippen LogP contribution in [0, 0.1) is 11.8 Å². The molecular formula is C19H27NO3. The van der Waals surface area contributed by atoms with Crippen molar-refractivity contribution in [2.45, 2.75) is 32.1 Å². The first-order chi connectivity index (χ1) is 11.2. The normalized spacial score (nSPS) is 23.7. The predicted octanol–water partition coefficient (Wildman–Crippen LogP) is 3.07. The van der Waals surface area contributed by atoms with E-state index in [0.29, 0.717) is 17.4 Å². The van der Waals surface area contributed by atoms with Gasteiger partial charge >= 0.3 is 5.97 Å². The van der Waals surface area contributed by atoms with Crippen LogP contribution in [-0.2, 0) is 11.2 Å². The number of ether oxygens (including phenoxy) is 1. The summed E-state index contributed by atoms with van der Waals surface area (Å²) < 4.78 is 5.58. The van der Waals surface area contributed by atoms with Crippen LogP contribution in [-0.4, -0.2) is 48.8 Å². The number of aromatic carboxylic acids is 1. The molecule has 0 amide bonds. The van der Waals surface area contributed by atoms with Gasteiger partial charge in [0.15, 0.2) is 0 Å². The van der Waals surface area contributed by atoms with Crippen LogP contribution in [0.3, 0.4) is 0 Å². The van der Waals surface area contributed by atoms with Gasteiger partial charge in [0.1, 0.15) is 0 Å². The maximum absolute atomic E-state index is 11.3. The van der Waals surface area contributed by atoms with E-state index in [0.717, 1.165) is 38.3 Å². The number of rotatable bonds is 5. The lowest BCUT2D eigenvalue weighted by Crippen LogP contribution is -2.39. The molecule has 1 unspecified atom stereocenters. The third kappa shape index (κ3) is 4.55. The Morgan fingerprint density at radius 2 is 1.96 bits per heavy atom. The SMILES string of the molecule is O=C(O)c1ccccc1CC1CCN(CC2CCCOC2)CC1. The first-order valence-corrected chi connectivity index (χ1v) is 8.83. The molecule has 126 valence electrons. The quantitative estimate of drug-likeness (QED) is 0.907. The summed E-state index contributed by atoms with van der Waals surface area (Å²) in [5.41, 5.74) is 1.45. The summed E-state index contributed by atoms with van der Waals surface area (Å²) in [6.07, 6.45) is 5.73. The van der Waals surface area contributed by atoms with Gasteiger partial charge in [-0.25, -0.2) is 4.79 Å². The summed E-state index contributed by atoms with van der Waals surface area (Å²) in [6, 6.07) is 7.44. The van der Waals surface area contributed by atoms with Crippen molar-refractivity contribution in [3.63, 3.8) is 0 Å². The number of carbonyl (C=O) groups is 1. The van der Waals surface area contributed by atoms with Gasteiger partial charge in [-0.05, 0) is 68.7 Å². The zero-order valence-electron chi connectivity index (χ0n) is 13.7. The predicted molar refractivity (Wildman–Crippen MR) is 89.8 cm³/mol. The molecule has 1 N–H and O–H groups in total. The highest BCUT2D eigenvalue weighted by Crippen LogP contribution is 2.25. The number of hydrogen-bond acceptors (Lipinski definition) is 3. The van der Waals surface area contributed by atoms with Crippen molar-refractivity contribution >= 4 is 5.97 Å². The fourth-order valence-electron chi connectivity index (χ4n) is 3.91. The third-order valence-electron chi connectivity index (χ3n) is 5.23. The molecule has 1 aromatic rings. The number of hydrogen-bond donors (Lipinski definition) is 1. The largest absolute Gasteiger partial charge is 0.478 e. The minimum absolute atomic E-state index is 0.467. The number of nitrogens with zero attached hydrogens (tertiary/aromatic N) is 1. The minimum Gasteiger partial charge on any atom is -0.478 e. The zero-order valence-corrected chi connectivity index (χ0v) is 13.7. The molecule has 4 nitrogen and oxygen atoms in total. The molecule has 0 saturated carbocycles. The van der Waals surface area contributed by atoms with E-state index in [2.05, 4.69) is 4.90 Å². The van der Waals surface area contributed by atoms with Gasteiger partial charge < -0.3 is 14.7 Å². The molecular weight excluding hydrogens is 290 g/mol. The van der Waals surface area contributed by atoms with E-state index in [-0.39, 0.29) is 0 Å². The van der Waals surface area contributed by atoms with E-state index in [9.17, 15) is 9.90 Å². The Morgan fingerprint density at radius 3 is 2.65 bits per heavy atom. The third-order valence-corrected chi connectivity index (χ3v) is 5.23.